The number of carbonyl (C=O) groups excluding carboxylic acids is 1. The van der Waals surface area contributed by atoms with Gasteiger partial charge in [-0.1, -0.05) is 0 Å². The summed E-state index contributed by atoms with van der Waals surface area (Å²) in [6.07, 6.45) is 1.47. The Labute approximate surface area is 84.1 Å². The van der Waals surface area contributed by atoms with Gasteiger partial charge in [0.25, 0.3) is 5.91 Å². The van der Waals surface area contributed by atoms with Crippen molar-refractivity contribution in [2.24, 2.45) is 0 Å². The molecule has 1 aromatic heterocycles. The number of hydrogen-bond donors (Lipinski definition) is 2. The third kappa shape index (κ3) is 3.12. The minimum Gasteiger partial charge on any atom is -0.395 e. The quantitative estimate of drug-likeness (QED) is 0.765. The van der Waals surface area contributed by atoms with Gasteiger partial charge >= 0.3 is 0 Å². The zero-order valence-corrected chi connectivity index (χ0v) is 8.41. The number of rotatable bonds is 3. The van der Waals surface area contributed by atoms with Crippen LogP contribution in [-0.2, 0) is 0 Å². The summed E-state index contributed by atoms with van der Waals surface area (Å²) in [6, 6.07) is 3.34. The number of pyridine rings is 1. The summed E-state index contributed by atoms with van der Waals surface area (Å²) in [6.45, 7) is 0.199. The molecule has 5 heteroatoms. The maximum atomic E-state index is 11.2. The van der Waals surface area contributed by atoms with Gasteiger partial charge in [0.15, 0.2) is 0 Å². The van der Waals surface area contributed by atoms with Crippen LogP contribution >= 0.6 is 15.9 Å². The summed E-state index contributed by atoms with van der Waals surface area (Å²) >= 11 is 3.16. The predicted molar refractivity (Wildman–Crippen MR) is 51.4 cm³/mol. The standard InChI is InChI=1S/C8H9BrN2O2/c9-7-2-1-6(5-11-7)8(13)10-3-4-12/h1-2,5,12H,3-4H2,(H,10,13). The lowest BCUT2D eigenvalue weighted by atomic mass is 10.3. The fourth-order valence-corrected chi connectivity index (χ4v) is 1.02. The molecule has 1 amide bonds. The average Bonchev–Trinajstić information content (AvgIpc) is 2.15. The van der Waals surface area contributed by atoms with Gasteiger partial charge in [0.05, 0.1) is 12.2 Å². The molecule has 0 fully saturated rings. The molecule has 0 aliphatic carbocycles. The zero-order chi connectivity index (χ0) is 9.68. The number of carbonyl (C=O) groups is 1. The van der Waals surface area contributed by atoms with Crippen LogP contribution in [0.3, 0.4) is 0 Å². The van der Waals surface area contributed by atoms with Gasteiger partial charge < -0.3 is 10.4 Å². The van der Waals surface area contributed by atoms with Gasteiger partial charge in [-0.05, 0) is 28.1 Å². The smallest absolute Gasteiger partial charge is 0.252 e. The van der Waals surface area contributed by atoms with E-state index >= 15 is 0 Å². The van der Waals surface area contributed by atoms with Crippen LogP contribution in [0.25, 0.3) is 0 Å². The monoisotopic (exact) mass is 244 g/mol. The maximum absolute atomic E-state index is 11.2. The summed E-state index contributed by atoms with van der Waals surface area (Å²) in [4.78, 5) is 15.1. The highest BCUT2D eigenvalue weighted by molar-refractivity contribution is 9.10. The Hall–Kier alpha value is -0.940. The van der Waals surface area contributed by atoms with E-state index in [0.717, 1.165) is 0 Å². The van der Waals surface area contributed by atoms with E-state index < -0.39 is 0 Å². The molecule has 0 bridgehead atoms. The van der Waals surface area contributed by atoms with Crippen LogP contribution in [0, 0.1) is 0 Å². The highest BCUT2D eigenvalue weighted by Crippen LogP contribution is 2.05. The largest absolute Gasteiger partial charge is 0.395 e. The molecule has 0 aliphatic heterocycles. The minimum absolute atomic E-state index is 0.0598. The summed E-state index contributed by atoms with van der Waals surface area (Å²) in [5.74, 6) is -0.228. The second kappa shape index (κ2) is 4.94. The fourth-order valence-electron chi connectivity index (χ4n) is 0.782. The van der Waals surface area contributed by atoms with Crippen LogP contribution < -0.4 is 5.32 Å². The fraction of sp³-hybridized carbons (Fsp3) is 0.250. The molecule has 0 saturated carbocycles. The van der Waals surface area contributed by atoms with Crippen molar-refractivity contribution in [3.05, 3.63) is 28.5 Å². The Morgan fingerprint density at radius 2 is 2.38 bits per heavy atom. The van der Waals surface area contributed by atoms with E-state index in [1.807, 2.05) is 0 Å². The van der Waals surface area contributed by atoms with Gasteiger partial charge in [-0.3, -0.25) is 4.79 Å². The Balaban J connectivity index is 2.61. The first-order chi connectivity index (χ1) is 6.24. The number of aliphatic hydroxyl groups is 1. The predicted octanol–water partition coefficient (Wildman–Crippen LogP) is 0.566. The zero-order valence-electron chi connectivity index (χ0n) is 6.83. The molecule has 0 atom stereocenters. The molecule has 0 saturated heterocycles. The van der Waals surface area contributed by atoms with E-state index in [2.05, 4.69) is 26.2 Å². The number of amides is 1. The van der Waals surface area contributed by atoms with E-state index in [0.29, 0.717) is 10.2 Å². The van der Waals surface area contributed by atoms with Gasteiger partial charge in [0.1, 0.15) is 4.60 Å². The van der Waals surface area contributed by atoms with Crippen LogP contribution in [0.2, 0.25) is 0 Å². The van der Waals surface area contributed by atoms with Crippen molar-refractivity contribution in [1.82, 2.24) is 10.3 Å². The Kier molecular flexibility index (Phi) is 3.85. The molecule has 70 valence electrons. The number of hydrogen-bond acceptors (Lipinski definition) is 3. The van der Waals surface area contributed by atoms with Crippen LogP contribution in [0.1, 0.15) is 10.4 Å². The molecule has 1 rings (SSSR count). The van der Waals surface area contributed by atoms with Crippen LogP contribution in [0.15, 0.2) is 22.9 Å². The molecular weight excluding hydrogens is 236 g/mol. The Bertz CT molecular complexity index is 287. The highest BCUT2D eigenvalue weighted by atomic mass is 79.9. The average molecular weight is 245 g/mol. The van der Waals surface area contributed by atoms with E-state index in [1.165, 1.54) is 6.20 Å². The molecule has 4 nitrogen and oxygen atoms in total. The van der Waals surface area contributed by atoms with E-state index in [-0.39, 0.29) is 19.1 Å². The van der Waals surface area contributed by atoms with Crippen molar-refractivity contribution in [2.75, 3.05) is 13.2 Å². The number of halogens is 1. The van der Waals surface area contributed by atoms with Crippen LogP contribution in [0.4, 0.5) is 0 Å². The van der Waals surface area contributed by atoms with E-state index in [1.54, 1.807) is 12.1 Å². The van der Waals surface area contributed by atoms with E-state index in [4.69, 9.17) is 5.11 Å². The first-order valence-corrected chi connectivity index (χ1v) is 4.54. The van der Waals surface area contributed by atoms with Crippen molar-refractivity contribution in [3.8, 4) is 0 Å². The normalized spacial score (nSPS) is 9.69. The first kappa shape index (κ1) is 10.1. The maximum Gasteiger partial charge on any atom is 0.252 e. The molecule has 13 heavy (non-hydrogen) atoms. The SMILES string of the molecule is O=C(NCCO)c1ccc(Br)nc1. The third-order valence-corrected chi connectivity index (χ3v) is 1.86. The topological polar surface area (TPSA) is 62.2 Å². The first-order valence-electron chi connectivity index (χ1n) is 3.74. The lowest BCUT2D eigenvalue weighted by Crippen LogP contribution is -2.26. The molecular formula is C8H9BrN2O2. The molecule has 0 radical (unpaired) electrons. The summed E-state index contributed by atoms with van der Waals surface area (Å²) in [5.41, 5.74) is 0.483. The van der Waals surface area contributed by atoms with Crippen molar-refractivity contribution in [2.45, 2.75) is 0 Å². The van der Waals surface area contributed by atoms with Crippen molar-refractivity contribution in [1.29, 1.82) is 0 Å². The summed E-state index contributed by atoms with van der Waals surface area (Å²) in [7, 11) is 0. The Morgan fingerprint density at radius 3 is 2.92 bits per heavy atom. The van der Waals surface area contributed by atoms with Crippen molar-refractivity contribution in [3.63, 3.8) is 0 Å². The van der Waals surface area contributed by atoms with Crippen LogP contribution in [-0.4, -0.2) is 29.1 Å². The molecule has 1 heterocycles. The lowest BCUT2D eigenvalue weighted by molar-refractivity contribution is 0.0944. The van der Waals surface area contributed by atoms with Crippen molar-refractivity contribution >= 4 is 21.8 Å². The molecule has 0 spiro atoms. The summed E-state index contributed by atoms with van der Waals surface area (Å²) < 4.78 is 0.686. The second-order valence-corrected chi connectivity index (χ2v) is 3.16. The lowest BCUT2D eigenvalue weighted by Gasteiger charge is -2.01. The Morgan fingerprint density at radius 1 is 1.62 bits per heavy atom. The van der Waals surface area contributed by atoms with Crippen LogP contribution in [0.5, 0.6) is 0 Å². The summed E-state index contributed by atoms with van der Waals surface area (Å²) in [5, 5.41) is 11.0. The van der Waals surface area contributed by atoms with Gasteiger partial charge in [-0.25, -0.2) is 4.98 Å². The molecule has 2 N–H and O–H groups in total. The number of aromatic nitrogens is 1. The van der Waals surface area contributed by atoms with Gasteiger partial charge in [-0.15, -0.1) is 0 Å². The molecule has 0 aromatic carbocycles. The third-order valence-electron chi connectivity index (χ3n) is 1.39. The number of aliphatic hydroxyl groups excluding tert-OH is 1. The van der Waals surface area contributed by atoms with E-state index in [9.17, 15) is 4.79 Å². The highest BCUT2D eigenvalue weighted by Gasteiger charge is 2.03. The van der Waals surface area contributed by atoms with Crippen molar-refractivity contribution < 1.29 is 9.90 Å². The molecule has 0 unspecified atom stereocenters. The second-order valence-electron chi connectivity index (χ2n) is 2.35. The number of nitrogens with one attached hydrogen (secondary N) is 1. The van der Waals surface area contributed by atoms with Gasteiger partial charge in [0, 0.05) is 12.7 Å². The minimum atomic E-state index is -0.228. The molecule has 0 aliphatic rings. The number of nitrogens with zero attached hydrogens (tertiary/aromatic N) is 1. The van der Waals surface area contributed by atoms with Gasteiger partial charge in [-0.2, -0.15) is 0 Å². The van der Waals surface area contributed by atoms with Gasteiger partial charge in [0.2, 0.25) is 0 Å². The molecule has 1 aromatic rings.